The summed E-state index contributed by atoms with van der Waals surface area (Å²) in [6, 6.07) is 11.7. The fraction of sp³-hybridized carbons (Fsp3) is 0.222. The van der Waals surface area contributed by atoms with Crippen LogP contribution in [0.25, 0.3) is 0 Å². The van der Waals surface area contributed by atoms with Gasteiger partial charge in [-0.3, -0.25) is 4.79 Å². The van der Waals surface area contributed by atoms with Gasteiger partial charge in [-0.25, -0.2) is 9.18 Å². The summed E-state index contributed by atoms with van der Waals surface area (Å²) < 4.78 is 27.7. The molecule has 0 atom stereocenters. The molecular weight excluding hydrogens is 329 g/mol. The van der Waals surface area contributed by atoms with Crippen LogP contribution in [0.15, 0.2) is 48.5 Å². The Kier molecular flexibility index (Phi) is 6.91. The number of rotatable bonds is 8. The Hall–Kier alpha value is -2.93. The van der Waals surface area contributed by atoms with E-state index in [0.29, 0.717) is 23.6 Å². The smallest absolute Gasteiger partial charge is 0.344 e. The molecule has 7 heteroatoms. The van der Waals surface area contributed by atoms with E-state index in [-0.39, 0.29) is 24.9 Å². The largest absolute Gasteiger partial charge is 0.482 e. The number of halogens is 1. The molecule has 0 fully saturated rings. The second-order valence-corrected chi connectivity index (χ2v) is 4.99. The first-order valence-corrected chi connectivity index (χ1v) is 7.53. The van der Waals surface area contributed by atoms with Crippen molar-refractivity contribution in [3.05, 3.63) is 59.9 Å². The Morgan fingerprint density at radius 2 is 1.68 bits per heavy atom. The average molecular weight is 347 g/mol. The average Bonchev–Trinajstić information content (AvgIpc) is 2.62. The van der Waals surface area contributed by atoms with Gasteiger partial charge in [-0.1, -0.05) is 0 Å². The molecule has 0 aliphatic carbocycles. The van der Waals surface area contributed by atoms with Crippen LogP contribution in [0.2, 0.25) is 0 Å². The molecule has 2 aromatic carbocycles. The summed E-state index contributed by atoms with van der Waals surface area (Å²) in [6.45, 7) is 0.260. The molecule has 1 amide bonds. The maximum atomic E-state index is 12.8. The van der Waals surface area contributed by atoms with Crippen LogP contribution in [0.3, 0.4) is 0 Å². The topological polar surface area (TPSA) is 73.9 Å². The maximum absolute atomic E-state index is 12.8. The fourth-order valence-corrected chi connectivity index (χ4v) is 1.86. The maximum Gasteiger partial charge on any atom is 0.344 e. The number of amides is 1. The number of nitrogens with one attached hydrogen (secondary N) is 1. The van der Waals surface area contributed by atoms with Crippen molar-refractivity contribution >= 4 is 17.6 Å². The van der Waals surface area contributed by atoms with E-state index in [9.17, 15) is 14.0 Å². The van der Waals surface area contributed by atoms with Crippen molar-refractivity contribution in [2.45, 2.75) is 0 Å². The van der Waals surface area contributed by atoms with Crippen LogP contribution >= 0.6 is 0 Å². The van der Waals surface area contributed by atoms with Crippen molar-refractivity contribution in [3.8, 4) is 5.75 Å². The quantitative estimate of drug-likeness (QED) is 0.587. The number of benzene rings is 2. The second kappa shape index (κ2) is 9.39. The molecule has 6 nitrogen and oxygen atoms in total. The third-order valence-corrected chi connectivity index (χ3v) is 3.13. The molecule has 1 N–H and O–H groups in total. The lowest BCUT2D eigenvalue weighted by Gasteiger charge is -2.08. The number of hydrogen-bond donors (Lipinski definition) is 1. The molecule has 0 unspecified atom stereocenters. The van der Waals surface area contributed by atoms with Gasteiger partial charge in [0, 0.05) is 18.4 Å². The lowest BCUT2D eigenvalue weighted by molar-refractivity contribution is -0.147. The van der Waals surface area contributed by atoms with Crippen molar-refractivity contribution in [2.24, 2.45) is 0 Å². The summed E-state index contributed by atoms with van der Waals surface area (Å²) in [5.41, 5.74) is 0.893. The number of methoxy groups -OCH3 is 1. The van der Waals surface area contributed by atoms with E-state index < -0.39 is 5.97 Å². The summed E-state index contributed by atoms with van der Waals surface area (Å²) >= 11 is 0. The third-order valence-electron chi connectivity index (χ3n) is 3.13. The fourth-order valence-electron chi connectivity index (χ4n) is 1.86. The monoisotopic (exact) mass is 347 g/mol. The lowest BCUT2D eigenvalue weighted by Crippen LogP contribution is -2.17. The summed E-state index contributed by atoms with van der Waals surface area (Å²) in [5, 5.41) is 2.65. The van der Waals surface area contributed by atoms with E-state index >= 15 is 0 Å². The molecule has 0 aliphatic heterocycles. The Bertz CT molecular complexity index is 700. The molecule has 0 saturated heterocycles. The first-order valence-electron chi connectivity index (χ1n) is 7.53. The van der Waals surface area contributed by atoms with Gasteiger partial charge in [0.05, 0.1) is 6.61 Å². The standard InChI is InChI=1S/C18H18FNO5/c1-23-10-11-24-17(21)12-25-16-8-2-13(3-9-16)18(22)20-15-6-4-14(19)5-7-15/h2-9H,10-12H2,1H3,(H,20,22). The van der Waals surface area contributed by atoms with Gasteiger partial charge in [-0.15, -0.1) is 0 Å². The van der Waals surface area contributed by atoms with Gasteiger partial charge in [0.25, 0.3) is 5.91 Å². The number of carbonyl (C=O) groups excluding carboxylic acids is 2. The zero-order valence-electron chi connectivity index (χ0n) is 13.7. The van der Waals surface area contributed by atoms with Crippen LogP contribution in [0, 0.1) is 5.82 Å². The van der Waals surface area contributed by atoms with Gasteiger partial charge >= 0.3 is 5.97 Å². The molecule has 0 aliphatic rings. The Morgan fingerprint density at radius 3 is 2.32 bits per heavy atom. The highest BCUT2D eigenvalue weighted by Gasteiger charge is 2.08. The van der Waals surface area contributed by atoms with Crippen LogP contribution in [-0.4, -0.2) is 38.8 Å². The normalized spacial score (nSPS) is 10.2. The Labute approximate surface area is 144 Å². The van der Waals surface area contributed by atoms with Crippen molar-refractivity contribution in [1.29, 1.82) is 0 Å². The minimum Gasteiger partial charge on any atom is -0.482 e. The van der Waals surface area contributed by atoms with Crippen LogP contribution in [0.5, 0.6) is 5.75 Å². The predicted octanol–water partition coefficient (Wildman–Crippen LogP) is 2.65. The number of carbonyl (C=O) groups is 2. The molecule has 0 heterocycles. The number of anilines is 1. The van der Waals surface area contributed by atoms with Crippen LogP contribution < -0.4 is 10.1 Å². The summed E-state index contributed by atoms with van der Waals surface area (Å²) in [6.07, 6.45) is 0. The van der Waals surface area contributed by atoms with Gasteiger partial charge in [0.2, 0.25) is 0 Å². The highest BCUT2D eigenvalue weighted by atomic mass is 19.1. The highest BCUT2D eigenvalue weighted by molar-refractivity contribution is 6.04. The molecule has 25 heavy (non-hydrogen) atoms. The molecular formula is C18H18FNO5. The molecule has 0 spiro atoms. The lowest BCUT2D eigenvalue weighted by atomic mass is 10.2. The molecule has 132 valence electrons. The zero-order chi connectivity index (χ0) is 18.1. The molecule has 2 aromatic rings. The van der Waals surface area contributed by atoms with E-state index in [1.807, 2.05) is 0 Å². The van der Waals surface area contributed by atoms with Crippen molar-refractivity contribution in [2.75, 3.05) is 32.2 Å². The van der Waals surface area contributed by atoms with Crippen LogP contribution in [0.1, 0.15) is 10.4 Å². The Morgan fingerprint density at radius 1 is 1.00 bits per heavy atom. The van der Waals surface area contributed by atoms with Gasteiger partial charge in [0.15, 0.2) is 6.61 Å². The van der Waals surface area contributed by atoms with Crippen molar-refractivity contribution in [1.82, 2.24) is 0 Å². The van der Waals surface area contributed by atoms with Crippen LogP contribution in [0.4, 0.5) is 10.1 Å². The van der Waals surface area contributed by atoms with Crippen LogP contribution in [-0.2, 0) is 14.3 Å². The first-order chi connectivity index (χ1) is 12.1. The van der Waals surface area contributed by atoms with E-state index in [4.69, 9.17) is 14.2 Å². The summed E-state index contributed by atoms with van der Waals surface area (Å²) in [4.78, 5) is 23.5. The number of hydrogen-bond acceptors (Lipinski definition) is 5. The molecule has 0 bridgehead atoms. The highest BCUT2D eigenvalue weighted by Crippen LogP contribution is 2.15. The summed E-state index contributed by atoms with van der Waals surface area (Å²) in [7, 11) is 1.51. The van der Waals surface area contributed by atoms with Crippen molar-refractivity contribution in [3.63, 3.8) is 0 Å². The minimum absolute atomic E-state index is 0.168. The van der Waals surface area contributed by atoms with Gasteiger partial charge in [0.1, 0.15) is 18.2 Å². The van der Waals surface area contributed by atoms with E-state index in [1.54, 1.807) is 24.3 Å². The molecule has 0 aromatic heterocycles. The number of esters is 1. The number of ether oxygens (including phenoxy) is 3. The molecule has 0 radical (unpaired) electrons. The molecule has 0 saturated carbocycles. The van der Waals surface area contributed by atoms with Crippen molar-refractivity contribution < 1.29 is 28.2 Å². The first kappa shape index (κ1) is 18.4. The molecule has 2 rings (SSSR count). The van der Waals surface area contributed by atoms with E-state index in [2.05, 4.69) is 5.32 Å². The summed E-state index contributed by atoms with van der Waals surface area (Å²) in [5.74, 6) is -0.783. The van der Waals surface area contributed by atoms with Gasteiger partial charge < -0.3 is 19.5 Å². The minimum atomic E-state index is -0.504. The van der Waals surface area contributed by atoms with Gasteiger partial charge in [-0.2, -0.15) is 0 Å². The van der Waals surface area contributed by atoms with Gasteiger partial charge in [-0.05, 0) is 48.5 Å². The third kappa shape index (κ3) is 6.23. The zero-order valence-corrected chi connectivity index (χ0v) is 13.7. The van der Waals surface area contributed by atoms with E-state index in [0.717, 1.165) is 0 Å². The second-order valence-electron chi connectivity index (χ2n) is 4.99. The Balaban J connectivity index is 1.83. The van der Waals surface area contributed by atoms with E-state index in [1.165, 1.54) is 31.4 Å². The SMILES string of the molecule is COCCOC(=O)COc1ccc(C(=O)Nc2ccc(F)cc2)cc1. The predicted molar refractivity (Wildman–Crippen MR) is 89.1 cm³/mol.